The highest BCUT2D eigenvalue weighted by molar-refractivity contribution is 5.82. The molecular weight excluding hydrogens is 340 g/mol. The maximum Gasteiger partial charge on any atom is 0.227 e. The van der Waals surface area contributed by atoms with Gasteiger partial charge in [-0.2, -0.15) is 0 Å². The molecule has 1 saturated heterocycles. The second kappa shape index (κ2) is 8.32. The van der Waals surface area contributed by atoms with Crippen LogP contribution < -0.4 is 10.1 Å². The number of amides is 2. The monoisotopic (exact) mass is 374 g/mol. The van der Waals surface area contributed by atoms with Crippen LogP contribution in [0.1, 0.15) is 59.9 Å². The number of hydrogen-bond donors (Lipinski definition) is 1. The van der Waals surface area contributed by atoms with E-state index in [-0.39, 0.29) is 28.7 Å². The number of rotatable bonds is 4. The molecule has 0 spiro atoms. The maximum atomic E-state index is 12.5. The molecule has 1 aliphatic heterocycles. The van der Waals surface area contributed by atoms with Gasteiger partial charge in [-0.25, -0.2) is 0 Å². The van der Waals surface area contributed by atoms with Crippen LogP contribution in [0.25, 0.3) is 0 Å². The highest BCUT2D eigenvalue weighted by Gasteiger charge is 2.32. The molecule has 0 saturated carbocycles. The minimum absolute atomic E-state index is 0.0162. The molecule has 1 fully saturated rings. The van der Waals surface area contributed by atoms with Crippen molar-refractivity contribution in [2.24, 2.45) is 11.3 Å². The number of carbonyl (C=O) groups is 2. The van der Waals surface area contributed by atoms with Gasteiger partial charge in [0.1, 0.15) is 11.4 Å². The largest absolute Gasteiger partial charge is 0.488 e. The molecule has 1 aromatic carbocycles. The minimum Gasteiger partial charge on any atom is -0.488 e. The van der Waals surface area contributed by atoms with Crippen LogP contribution in [0.2, 0.25) is 0 Å². The van der Waals surface area contributed by atoms with Gasteiger partial charge in [0.25, 0.3) is 0 Å². The first-order valence-corrected chi connectivity index (χ1v) is 9.81. The van der Waals surface area contributed by atoms with Gasteiger partial charge in [-0.3, -0.25) is 9.59 Å². The van der Waals surface area contributed by atoms with E-state index in [9.17, 15) is 9.59 Å². The molecule has 5 heteroatoms. The minimum atomic E-state index is -0.363. The number of hydrogen-bond acceptors (Lipinski definition) is 3. The molecule has 0 aliphatic carbocycles. The van der Waals surface area contributed by atoms with E-state index in [1.54, 1.807) is 0 Å². The van der Waals surface area contributed by atoms with Gasteiger partial charge < -0.3 is 15.0 Å². The molecule has 0 bridgehead atoms. The Bertz CT molecular complexity index is 646. The number of likely N-dealkylation sites (tertiary alicyclic amines) is 1. The van der Waals surface area contributed by atoms with E-state index in [1.807, 2.05) is 70.7 Å². The van der Waals surface area contributed by atoms with Crippen LogP contribution in [0.5, 0.6) is 5.75 Å². The number of nitrogens with one attached hydrogen (secondary N) is 1. The highest BCUT2D eigenvalue weighted by atomic mass is 16.5. The van der Waals surface area contributed by atoms with Crippen LogP contribution in [0.15, 0.2) is 24.3 Å². The molecule has 27 heavy (non-hydrogen) atoms. The standard InChI is InChI=1S/C22H34N2O3/c1-21(2,3)20(26)24-13-11-17(12-14-24)19(25)23-15-16-7-9-18(10-8-16)27-22(4,5)6/h7-10,17H,11-15H2,1-6H3,(H,23,25). The van der Waals surface area contributed by atoms with Gasteiger partial charge in [0.2, 0.25) is 11.8 Å². The fourth-order valence-electron chi connectivity index (χ4n) is 3.18. The van der Waals surface area contributed by atoms with Crippen LogP contribution in [-0.2, 0) is 16.1 Å². The van der Waals surface area contributed by atoms with Crippen LogP contribution in [0, 0.1) is 11.3 Å². The SMILES string of the molecule is CC(C)(C)Oc1ccc(CNC(=O)C2CCN(C(=O)C(C)(C)C)CC2)cc1. The average Bonchev–Trinajstić information content (AvgIpc) is 2.58. The molecule has 2 rings (SSSR count). The predicted molar refractivity (Wildman–Crippen MR) is 107 cm³/mol. The summed E-state index contributed by atoms with van der Waals surface area (Å²) in [6, 6.07) is 7.82. The van der Waals surface area contributed by atoms with Gasteiger partial charge in [0.05, 0.1) is 0 Å². The zero-order valence-corrected chi connectivity index (χ0v) is 17.6. The molecule has 0 atom stereocenters. The maximum absolute atomic E-state index is 12.5. The van der Waals surface area contributed by atoms with E-state index in [4.69, 9.17) is 4.74 Å². The lowest BCUT2D eigenvalue weighted by atomic mass is 9.90. The summed E-state index contributed by atoms with van der Waals surface area (Å²) in [5.74, 6) is 1.05. The number of carbonyl (C=O) groups excluding carboxylic acids is 2. The Hall–Kier alpha value is -2.04. The smallest absolute Gasteiger partial charge is 0.227 e. The van der Waals surface area contributed by atoms with E-state index < -0.39 is 0 Å². The molecule has 0 radical (unpaired) electrons. The lowest BCUT2D eigenvalue weighted by Crippen LogP contribution is -2.46. The quantitative estimate of drug-likeness (QED) is 0.873. The van der Waals surface area contributed by atoms with Crippen LogP contribution in [-0.4, -0.2) is 35.4 Å². The van der Waals surface area contributed by atoms with E-state index in [0.717, 1.165) is 24.2 Å². The number of nitrogens with zero attached hydrogens (tertiary/aromatic N) is 1. The highest BCUT2D eigenvalue weighted by Crippen LogP contribution is 2.24. The Balaban J connectivity index is 1.79. The van der Waals surface area contributed by atoms with E-state index >= 15 is 0 Å². The van der Waals surface area contributed by atoms with Crippen molar-refractivity contribution < 1.29 is 14.3 Å². The summed E-state index contributed by atoms with van der Waals surface area (Å²) >= 11 is 0. The Morgan fingerprint density at radius 1 is 1.04 bits per heavy atom. The van der Waals surface area contributed by atoms with Crippen molar-refractivity contribution in [2.75, 3.05) is 13.1 Å². The van der Waals surface area contributed by atoms with Gasteiger partial charge in [0.15, 0.2) is 0 Å². The summed E-state index contributed by atoms with van der Waals surface area (Å²) in [5, 5.41) is 3.03. The van der Waals surface area contributed by atoms with Gasteiger partial charge in [-0.15, -0.1) is 0 Å². The van der Waals surface area contributed by atoms with Gasteiger partial charge in [-0.05, 0) is 51.3 Å². The molecule has 5 nitrogen and oxygen atoms in total. The topological polar surface area (TPSA) is 58.6 Å². The third-order valence-electron chi connectivity index (χ3n) is 4.61. The fraction of sp³-hybridized carbons (Fsp3) is 0.636. The van der Waals surface area contributed by atoms with Crippen LogP contribution >= 0.6 is 0 Å². The lowest BCUT2D eigenvalue weighted by molar-refractivity contribution is -0.142. The second-order valence-corrected chi connectivity index (χ2v) is 9.39. The van der Waals surface area contributed by atoms with E-state index in [2.05, 4.69) is 5.32 Å². The first kappa shape index (κ1) is 21.3. The number of piperidine rings is 1. The molecule has 1 N–H and O–H groups in total. The Kier molecular flexibility index (Phi) is 6.55. The van der Waals surface area contributed by atoms with Gasteiger partial charge in [-0.1, -0.05) is 32.9 Å². The van der Waals surface area contributed by atoms with Crippen molar-refractivity contribution >= 4 is 11.8 Å². The van der Waals surface area contributed by atoms with Crippen LogP contribution in [0.3, 0.4) is 0 Å². The third kappa shape index (κ3) is 6.56. The van der Waals surface area contributed by atoms with Crippen LogP contribution in [0.4, 0.5) is 0 Å². The zero-order valence-electron chi connectivity index (χ0n) is 17.6. The van der Waals surface area contributed by atoms with Crippen molar-refractivity contribution in [3.63, 3.8) is 0 Å². The summed E-state index contributed by atoms with van der Waals surface area (Å²) in [6.07, 6.45) is 1.46. The number of benzene rings is 1. The summed E-state index contributed by atoms with van der Waals surface area (Å²) < 4.78 is 5.81. The van der Waals surface area contributed by atoms with Crippen molar-refractivity contribution in [1.29, 1.82) is 0 Å². The first-order chi connectivity index (χ1) is 12.5. The summed E-state index contributed by atoms with van der Waals surface area (Å²) in [7, 11) is 0. The van der Waals surface area contributed by atoms with Gasteiger partial charge in [0, 0.05) is 31.0 Å². The average molecular weight is 375 g/mol. The third-order valence-corrected chi connectivity index (χ3v) is 4.61. The molecule has 1 aliphatic rings. The van der Waals surface area contributed by atoms with Crippen molar-refractivity contribution in [2.45, 2.75) is 66.5 Å². The number of ether oxygens (including phenoxy) is 1. The Labute approximate surface area is 163 Å². The second-order valence-electron chi connectivity index (χ2n) is 9.39. The summed E-state index contributed by atoms with van der Waals surface area (Å²) in [4.78, 5) is 26.7. The molecule has 150 valence electrons. The molecule has 0 unspecified atom stereocenters. The molecule has 1 heterocycles. The van der Waals surface area contributed by atoms with E-state index in [0.29, 0.717) is 19.6 Å². The summed E-state index contributed by atoms with van der Waals surface area (Å²) in [5.41, 5.74) is 0.460. The fourth-order valence-corrected chi connectivity index (χ4v) is 3.18. The molecule has 1 aromatic rings. The molecular formula is C22H34N2O3. The van der Waals surface area contributed by atoms with Crippen molar-refractivity contribution in [3.8, 4) is 5.75 Å². The Morgan fingerprint density at radius 2 is 1.59 bits per heavy atom. The van der Waals surface area contributed by atoms with Gasteiger partial charge >= 0.3 is 0 Å². The van der Waals surface area contributed by atoms with E-state index in [1.165, 1.54) is 0 Å². The Morgan fingerprint density at radius 3 is 2.07 bits per heavy atom. The lowest BCUT2D eigenvalue weighted by Gasteiger charge is -2.35. The summed E-state index contributed by atoms with van der Waals surface area (Å²) in [6.45, 7) is 13.7. The predicted octanol–water partition coefficient (Wildman–Crippen LogP) is 3.76. The normalized spacial score (nSPS) is 16.1. The molecule has 0 aromatic heterocycles. The van der Waals surface area contributed by atoms with Crippen molar-refractivity contribution in [1.82, 2.24) is 10.2 Å². The first-order valence-electron chi connectivity index (χ1n) is 9.81. The van der Waals surface area contributed by atoms with Crippen molar-refractivity contribution in [3.05, 3.63) is 29.8 Å². The molecule has 2 amide bonds. The zero-order chi connectivity index (χ0) is 20.2.